The molecule has 2 rings (SSSR count). The normalized spacial score (nSPS) is 17.2. The van der Waals surface area contributed by atoms with Gasteiger partial charge < -0.3 is 15.8 Å². The summed E-state index contributed by atoms with van der Waals surface area (Å²) in [4.78, 5) is 7.10. The second-order valence-electron chi connectivity index (χ2n) is 6.87. The maximum absolute atomic E-state index is 6.04. The lowest BCUT2D eigenvalue weighted by Crippen LogP contribution is -2.35. The zero-order valence-corrected chi connectivity index (χ0v) is 15.3. The highest BCUT2D eigenvalue weighted by Gasteiger charge is 2.23. The van der Waals surface area contributed by atoms with Crippen molar-refractivity contribution in [3.8, 4) is 5.75 Å². The Morgan fingerprint density at radius 3 is 2.75 bits per heavy atom. The molecule has 0 aromatic heterocycles. The molecule has 5 heteroatoms. The summed E-state index contributed by atoms with van der Waals surface area (Å²) < 4.78 is 5.38. The van der Waals surface area contributed by atoms with E-state index in [1.165, 1.54) is 18.4 Å². The third-order valence-corrected chi connectivity index (χ3v) is 4.52. The minimum Gasteiger partial charge on any atom is -0.497 e. The predicted octanol–water partition coefficient (Wildman–Crippen LogP) is 2.78. The smallest absolute Gasteiger partial charge is 0.188 e. The van der Waals surface area contributed by atoms with Gasteiger partial charge in [0.2, 0.25) is 0 Å². The molecule has 24 heavy (non-hydrogen) atoms. The quantitative estimate of drug-likeness (QED) is 0.567. The summed E-state index contributed by atoms with van der Waals surface area (Å²) >= 11 is 0. The molecule has 134 valence electrons. The van der Waals surface area contributed by atoms with Gasteiger partial charge in [0.15, 0.2) is 5.96 Å². The Labute approximate surface area is 146 Å². The summed E-state index contributed by atoms with van der Waals surface area (Å²) in [6.45, 7) is 8.22. The first-order valence-corrected chi connectivity index (χ1v) is 9.02. The number of benzene rings is 1. The molecule has 1 aliphatic heterocycles. The molecule has 1 saturated heterocycles. The minimum atomic E-state index is 0.257. The van der Waals surface area contributed by atoms with Crippen LogP contribution >= 0.6 is 0 Å². The number of hydrogen-bond acceptors (Lipinski definition) is 3. The molecule has 3 N–H and O–H groups in total. The number of ether oxygens (including phenoxy) is 1. The molecule has 0 radical (unpaired) electrons. The standard InChI is InChI=1S/C19H32N4O/c1-15(2)9-10-21-19(20)22-14-18(23-11-4-5-12-23)16-7-6-8-17(13-16)24-3/h6-8,13,15,18H,4-5,9-12,14H2,1-3H3,(H3,20,21,22). The zero-order valence-electron chi connectivity index (χ0n) is 15.3. The number of nitrogens with zero attached hydrogens (tertiary/aromatic N) is 2. The summed E-state index contributed by atoms with van der Waals surface area (Å²) in [5, 5.41) is 3.22. The number of nitrogens with one attached hydrogen (secondary N) is 1. The molecule has 0 amide bonds. The maximum atomic E-state index is 6.04. The van der Waals surface area contributed by atoms with E-state index in [0.717, 1.165) is 31.8 Å². The van der Waals surface area contributed by atoms with E-state index in [0.29, 0.717) is 18.4 Å². The van der Waals surface area contributed by atoms with Gasteiger partial charge in [-0.2, -0.15) is 0 Å². The van der Waals surface area contributed by atoms with Gasteiger partial charge in [0.1, 0.15) is 5.75 Å². The summed E-state index contributed by atoms with van der Waals surface area (Å²) in [5.74, 6) is 2.10. The van der Waals surface area contributed by atoms with Gasteiger partial charge in [0.25, 0.3) is 0 Å². The van der Waals surface area contributed by atoms with Crippen LogP contribution in [-0.2, 0) is 0 Å². The summed E-state index contributed by atoms with van der Waals surface area (Å²) in [6.07, 6.45) is 3.61. The van der Waals surface area contributed by atoms with E-state index < -0.39 is 0 Å². The van der Waals surface area contributed by atoms with Crippen molar-refractivity contribution in [2.45, 2.75) is 39.2 Å². The lowest BCUT2D eigenvalue weighted by atomic mass is 10.1. The highest BCUT2D eigenvalue weighted by molar-refractivity contribution is 5.77. The number of rotatable bonds is 8. The molecule has 0 saturated carbocycles. The molecule has 1 atom stereocenters. The maximum Gasteiger partial charge on any atom is 0.188 e. The molecule has 1 heterocycles. The van der Waals surface area contributed by atoms with Crippen molar-refractivity contribution in [1.29, 1.82) is 0 Å². The van der Waals surface area contributed by atoms with Gasteiger partial charge >= 0.3 is 0 Å². The van der Waals surface area contributed by atoms with E-state index in [9.17, 15) is 0 Å². The van der Waals surface area contributed by atoms with Crippen molar-refractivity contribution in [1.82, 2.24) is 10.2 Å². The molecule has 0 aliphatic carbocycles. The van der Waals surface area contributed by atoms with Crippen LogP contribution in [0.4, 0.5) is 0 Å². The van der Waals surface area contributed by atoms with Gasteiger partial charge in [0, 0.05) is 6.54 Å². The van der Waals surface area contributed by atoms with E-state index in [1.807, 2.05) is 12.1 Å². The molecule has 1 aromatic carbocycles. The largest absolute Gasteiger partial charge is 0.497 e. The molecule has 1 unspecified atom stereocenters. The van der Waals surface area contributed by atoms with Crippen molar-refractivity contribution >= 4 is 5.96 Å². The Morgan fingerprint density at radius 2 is 2.08 bits per heavy atom. The fraction of sp³-hybridized carbons (Fsp3) is 0.632. The molecule has 1 aliphatic rings. The van der Waals surface area contributed by atoms with Gasteiger partial charge in [-0.1, -0.05) is 26.0 Å². The van der Waals surface area contributed by atoms with Gasteiger partial charge in [0.05, 0.1) is 19.7 Å². The van der Waals surface area contributed by atoms with Crippen molar-refractivity contribution in [2.24, 2.45) is 16.6 Å². The number of guanidine groups is 1. The first-order chi connectivity index (χ1) is 11.6. The van der Waals surface area contributed by atoms with Crippen molar-refractivity contribution < 1.29 is 4.74 Å². The van der Waals surface area contributed by atoms with Crippen LogP contribution in [0.25, 0.3) is 0 Å². The summed E-state index contributed by atoms with van der Waals surface area (Å²) in [7, 11) is 1.71. The van der Waals surface area contributed by atoms with Crippen LogP contribution in [0.2, 0.25) is 0 Å². The lowest BCUT2D eigenvalue weighted by Gasteiger charge is -2.27. The molecule has 1 fully saturated rings. The van der Waals surface area contributed by atoms with Crippen molar-refractivity contribution in [3.63, 3.8) is 0 Å². The van der Waals surface area contributed by atoms with Crippen LogP contribution in [-0.4, -0.2) is 44.1 Å². The van der Waals surface area contributed by atoms with Gasteiger partial charge in [-0.3, -0.25) is 9.89 Å². The molecular formula is C19H32N4O. The van der Waals surface area contributed by atoms with Crippen LogP contribution in [0, 0.1) is 5.92 Å². The highest BCUT2D eigenvalue weighted by atomic mass is 16.5. The molecule has 1 aromatic rings. The Bertz CT molecular complexity index is 524. The second-order valence-corrected chi connectivity index (χ2v) is 6.87. The third kappa shape index (κ3) is 5.71. The van der Waals surface area contributed by atoms with Crippen LogP contribution < -0.4 is 15.8 Å². The van der Waals surface area contributed by atoms with Gasteiger partial charge in [-0.05, 0) is 56.0 Å². The number of methoxy groups -OCH3 is 1. The number of aliphatic imine (C=N–C) groups is 1. The topological polar surface area (TPSA) is 62.9 Å². The van der Waals surface area contributed by atoms with E-state index in [2.05, 4.69) is 41.2 Å². The van der Waals surface area contributed by atoms with Crippen LogP contribution in [0.5, 0.6) is 5.75 Å². The monoisotopic (exact) mass is 332 g/mol. The predicted molar refractivity (Wildman–Crippen MR) is 100 cm³/mol. The molecule has 5 nitrogen and oxygen atoms in total. The van der Waals surface area contributed by atoms with E-state index in [-0.39, 0.29) is 6.04 Å². The van der Waals surface area contributed by atoms with E-state index in [4.69, 9.17) is 10.5 Å². The molecule has 0 spiro atoms. The Morgan fingerprint density at radius 1 is 1.33 bits per heavy atom. The van der Waals surface area contributed by atoms with Crippen LogP contribution in [0.3, 0.4) is 0 Å². The first kappa shape index (κ1) is 18.6. The Hall–Kier alpha value is -1.75. The first-order valence-electron chi connectivity index (χ1n) is 9.02. The van der Waals surface area contributed by atoms with E-state index in [1.54, 1.807) is 7.11 Å². The summed E-state index contributed by atoms with van der Waals surface area (Å²) in [5.41, 5.74) is 7.28. The van der Waals surface area contributed by atoms with Gasteiger partial charge in [-0.25, -0.2) is 0 Å². The fourth-order valence-corrected chi connectivity index (χ4v) is 3.06. The second kappa shape index (κ2) is 9.52. The minimum absolute atomic E-state index is 0.257. The van der Waals surface area contributed by atoms with Crippen LogP contribution in [0.15, 0.2) is 29.3 Å². The average molecular weight is 332 g/mol. The SMILES string of the molecule is COc1cccc(C(CN=C(N)NCCC(C)C)N2CCCC2)c1. The van der Waals surface area contributed by atoms with E-state index >= 15 is 0 Å². The third-order valence-electron chi connectivity index (χ3n) is 4.52. The summed E-state index contributed by atoms with van der Waals surface area (Å²) in [6, 6.07) is 8.55. The number of hydrogen-bond donors (Lipinski definition) is 2. The molecular weight excluding hydrogens is 300 g/mol. The Kier molecular flexibility index (Phi) is 7.37. The average Bonchev–Trinajstić information content (AvgIpc) is 3.09. The molecule has 0 bridgehead atoms. The highest BCUT2D eigenvalue weighted by Crippen LogP contribution is 2.27. The van der Waals surface area contributed by atoms with Crippen molar-refractivity contribution in [2.75, 3.05) is 33.3 Å². The lowest BCUT2D eigenvalue weighted by molar-refractivity contribution is 0.251. The number of nitrogens with two attached hydrogens (primary N) is 1. The van der Waals surface area contributed by atoms with Gasteiger partial charge in [-0.15, -0.1) is 0 Å². The zero-order chi connectivity index (χ0) is 17.4. The Balaban J connectivity index is 2.03. The number of likely N-dealkylation sites (tertiary alicyclic amines) is 1. The van der Waals surface area contributed by atoms with Crippen LogP contribution in [0.1, 0.15) is 44.7 Å². The fourth-order valence-electron chi connectivity index (χ4n) is 3.06. The van der Waals surface area contributed by atoms with Crippen molar-refractivity contribution in [3.05, 3.63) is 29.8 Å².